The fourth-order valence-electron chi connectivity index (χ4n) is 3.54. The van der Waals surface area contributed by atoms with Gasteiger partial charge in [0.1, 0.15) is 0 Å². The van der Waals surface area contributed by atoms with Gasteiger partial charge in [-0.25, -0.2) is 0 Å². The normalized spacial score (nSPS) is 13.3. The van der Waals surface area contributed by atoms with Crippen molar-refractivity contribution in [1.29, 1.82) is 0 Å². The van der Waals surface area contributed by atoms with E-state index in [1.807, 2.05) is 0 Å². The molecule has 1 aliphatic rings. The molecule has 0 aliphatic carbocycles. The van der Waals surface area contributed by atoms with Crippen molar-refractivity contribution in [2.24, 2.45) is 0 Å². The van der Waals surface area contributed by atoms with E-state index in [9.17, 15) is 0 Å². The summed E-state index contributed by atoms with van der Waals surface area (Å²) in [6.07, 6.45) is 3.52. The van der Waals surface area contributed by atoms with Gasteiger partial charge < -0.3 is 15.5 Å². The maximum atomic E-state index is 5.42. The van der Waals surface area contributed by atoms with Crippen LogP contribution in [0.15, 0.2) is 42.5 Å². The lowest BCUT2D eigenvalue weighted by molar-refractivity contribution is 0.658. The molecule has 3 nitrogen and oxygen atoms in total. The van der Waals surface area contributed by atoms with Gasteiger partial charge in [0.15, 0.2) is 5.11 Å². The zero-order chi connectivity index (χ0) is 17.6. The molecule has 0 amide bonds. The molecule has 0 saturated carbocycles. The highest BCUT2D eigenvalue weighted by atomic mass is 32.1. The first-order valence-electron chi connectivity index (χ1n) is 9.08. The van der Waals surface area contributed by atoms with Gasteiger partial charge in [0.2, 0.25) is 0 Å². The lowest BCUT2D eigenvalue weighted by Crippen LogP contribution is -2.34. The van der Waals surface area contributed by atoms with Crippen LogP contribution in [0.4, 0.5) is 11.4 Å². The number of nitrogens with zero attached hydrogens (tertiary/aromatic N) is 1. The minimum absolute atomic E-state index is 0.698. The molecule has 4 heteroatoms. The average Bonchev–Trinajstić information content (AvgIpc) is 2.58. The maximum Gasteiger partial charge on any atom is 0.170 e. The minimum atomic E-state index is 0.698. The average molecular weight is 354 g/mol. The molecular weight excluding hydrogens is 326 g/mol. The Bertz CT molecular complexity index is 721. The highest BCUT2D eigenvalue weighted by Crippen LogP contribution is 2.26. The molecule has 2 aromatic carbocycles. The fraction of sp³-hybridized carbons (Fsp3) is 0.381. The van der Waals surface area contributed by atoms with E-state index in [-0.39, 0.29) is 0 Å². The molecule has 0 aromatic heterocycles. The predicted octanol–water partition coefficient (Wildman–Crippen LogP) is 4.43. The summed E-state index contributed by atoms with van der Waals surface area (Å²) in [5.41, 5.74) is 6.43. The summed E-state index contributed by atoms with van der Waals surface area (Å²) in [7, 11) is 0. The van der Waals surface area contributed by atoms with E-state index in [2.05, 4.69) is 71.8 Å². The Kier molecular flexibility index (Phi) is 5.92. The van der Waals surface area contributed by atoms with E-state index >= 15 is 0 Å². The van der Waals surface area contributed by atoms with Crippen molar-refractivity contribution in [2.45, 2.75) is 33.1 Å². The van der Waals surface area contributed by atoms with Gasteiger partial charge in [-0.2, -0.15) is 0 Å². The first-order valence-corrected chi connectivity index (χ1v) is 9.48. The van der Waals surface area contributed by atoms with Crippen LogP contribution in [-0.2, 0) is 6.42 Å². The van der Waals surface area contributed by atoms with Crippen LogP contribution >= 0.6 is 12.2 Å². The molecular formula is C21H27N3S. The Morgan fingerprint density at radius 2 is 1.88 bits per heavy atom. The molecule has 3 rings (SSSR count). The molecule has 0 spiro atoms. The first-order chi connectivity index (χ1) is 12.1. The summed E-state index contributed by atoms with van der Waals surface area (Å²) in [4.78, 5) is 2.50. The molecule has 2 aromatic rings. The van der Waals surface area contributed by atoms with Crippen molar-refractivity contribution < 1.29 is 0 Å². The number of rotatable bonds is 5. The van der Waals surface area contributed by atoms with Crippen molar-refractivity contribution >= 4 is 28.7 Å². The summed E-state index contributed by atoms with van der Waals surface area (Å²) in [6.45, 7) is 7.31. The van der Waals surface area contributed by atoms with E-state index in [0.29, 0.717) is 5.11 Å². The van der Waals surface area contributed by atoms with Crippen LogP contribution in [0, 0.1) is 13.8 Å². The number of benzene rings is 2. The summed E-state index contributed by atoms with van der Waals surface area (Å²) in [5, 5.41) is 7.31. The summed E-state index contributed by atoms with van der Waals surface area (Å²) < 4.78 is 0. The first kappa shape index (κ1) is 17.7. The molecule has 0 unspecified atom stereocenters. The number of nitrogens with one attached hydrogen (secondary N) is 2. The Balaban J connectivity index is 1.44. The molecule has 0 saturated heterocycles. The van der Waals surface area contributed by atoms with Crippen LogP contribution in [0.1, 0.15) is 29.5 Å². The van der Waals surface area contributed by atoms with E-state index in [1.54, 1.807) is 0 Å². The monoisotopic (exact) mass is 353 g/mol. The molecule has 0 bridgehead atoms. The van der Waals surface area contributed by atoms with Gasteiger partial charge in [-0.15, -0.1) is 0 Å². The minimum Gasteiger partial charge on any atom is -0.371 e. The molecule has 132 valence electrons. The van der Waals surface area contributed by atoms with E-state index < -0.39 is 0 Å². The van der Waals surface area contributed by atoms with Crippen LogP contribution in [-0.4, -0.2) is 24.7 Å². The van der Waals surface area contributed by atoms with Gasteiger partial charge in [0.05, 0.1) is 0 Å². The predicted molar refractivity (Wildman–Crippen MR) is 112 cm³/mol. The maximum absolute atomic E-state index is 5.42. The second kappa shape index (κ2) is 8.34. The topological polar surface area (TPSA) is 27.3 Å². The van der Waals surface area contributed by atoms with E-state index in [1.165, 1.54) is 35.2 Å². The third-order valence-corrected chi connectivity index (χ3v) is 4.82. The zero-order valence-corrected chi connectivity index (χ0v) is 16.0. The lowest BCUT2D eigenvalue weighted by Gasteiger charge is -2.31. The number of hydrogen-bond donors (Lipinski definition) is 2. The summed E-state index contributed by atoms with van der Waals surface area (Å²) in [6, 6.07) is 15.2. The third-order valence-electron chi connectivity index (χ3n) is 4.58. The van der Waals surface area contributed by atoms with Crippen molar-refractivity contribution in [1.82, 2.24) is 5.32 Å². The van der Waals surface area contributed by atoms with Crippen molar-refractivity contribution in [3.63, 3.8) is 0 Å². The smallest absolute Gasteiger partial charge is 0.170 e. The third kappa shape index (κ3) is 4.95. The largest absolute Gasteiger partial charge is 0.371 e. The Morgan fingerprint density at radius 3 is 2.68 bits per heavy atom. The molecule has 1 aliphatic heterocycles. The zero-order valence-electron chi connectivity index (χ0n) is 15.1. The van der Waals surface area contributed by atoms with Gasteiger partial charge in [0.25, 0.3) is 0 Å². The van der Waals surface area contributed by atoms with Crippen molar-refractivity contribution in [3.05, 3.63) is 59.2 Å². The van der Waals surface area contributed by atoms with Gasteiger partial charge in [0, 0.05) is 31.0 Å². The highest BCUT2D eigenvalue weighted by molar-refractivity contribution is 7.80. The summed E-state index contributed by atoms with van der Waals surface area (Å²) >= 11 is 5.42. The van der Waals surface area contributed by atoms with Crippen LogP contribution in [0.2, 0.25) is 0 Å². The lowest BCUT2D eigenvalue weighted by atomic mass is 10.0. The van der Waals surface area contributed by atoms with Crippen LogP contribution < -0.4 is 15.5 Å². The Hall–Kier alpha value is -2.07. The van der Waals surface area contributed by atoms with Crippen LogP contribution in [0.5, 0.6) is 0 Å². The van der Waals surface area contributed by atoms with Gasteiger partial charge in [-0.05, 0) is 80.2 Å². The van der Waals surface area contributed by atoms with E-state index in [4.69, 9.17) is 12.2 Å². The Labute approximate surface area is 156 Å². The number of thiocarbonyl (C=S) groups is 1. The number of anilines is 2. The molecule has 25 heavy (non-hydrogen) atoms. The van der Waals surface area contributed by atoms with Crippen LogP contribution in [0.25, 0.3) is 0 Å². The standard InChI is InChI=1S/C21H27N3S/c1-16-13-17(2)15-19(14-16)23-21(25)22-10-6-12-24-11-5-8-18-7-3-4-9-20(18)24/h3-4,7,9,13-15H,5-6,8,10-12H2,1-2H3,(H2,22,23,25). The molecule has 0 fully saturated rings. The molecule has 0 radical (unpaired) electrons. The van der Waals surface area contributed by atoms with Crippen molar-refractivity contribution in [2.75, 3.05) is 29.9 Å². The number of para-hydroxylation sites is 1. The number of aryl methyl sites for hydroxylation is 3. The molecule has 0 atom stereocenters. The van der Waals surface area contributed by atoms with Gasteiger partial charge >= 0.3 is 0 Å². The van der Waals surface area contributed by atoms with Crippen LogP contribution in [0.3, 0.4) is 0 Å². The SMILES string of the molecule is Cc1cc(C)cc(NC(=S)NCCCN2CCCc3ccccc32)c1. The Morgan fingerprint density at radius 1 is 1.12 bits per heavy atom. The highest BCUT2D eigenvalue weighted by Gasteiger charge is 2.15. The second-order valence-corrected chi connectivity index (χ2v) is 7.24. The van der Waals surface area contributed by atoms with Crippen molar-refractivity contribution in [3.8, 4) is 0 Å². The number of hydrogen-bond acceptors (Lipinski definition) is 2. The number of fused-ring (bicyclic) bond motifs is 1. The quantitative estimate of drug-likeness (QED) is 0.614. The van der Waals surface area contributed by atoms with E-state index in [0.717, 1.165) is 31.7 Å². The summed E-state index contributed by atoms with van der Waals surface area (Å²) in [5.74, 6) is 0. The van der Waals surface area contributed by atoms with Gasteiger partial charge in [-0.1, -0.05) is 24.3 Å². The van der Waals surface area contributed by atoms with Gasteiger partial charge in [-0.3, -0.25) is 0 Å². The molecule has 1 heterocycles. The fourth-order valence-corrected chi connectivity index (χ4v) is 3.76. The molecule has 2 N–H and O–H groups in total. The second-order valence-electron chi connectivity index (χ2n) is 6.83.